The average molecular weight is 500 g/mol. The summed E-state index contributed by atoms with van der Waals surface area (Å²) in [6, 6.07) is 14.6. The number of aryl methyl sites for hydroxylation is 1. The van der Waals surface area contributed by atoms with Crippen molar-refractivity contribution in [1.29, 1.82) is 0 Å². The van der Waals surface area contributed by atoms with Gasteiger partial charge in [0.25, 0.3) is 15.9 Å². The van der Waals surface area contributed by atoms with Crippen molar-refractivity contribution in [3.63, 3.8) is 0 Å². The summed E-state index contributed by atoms with van der Waals surface area (Å²) in [6.45, 7) is 8.04. The van der Waals surface area contributed by atoms with E-state index in [1.807, 2.05) is 37.3 Å². The van der Waals surface area contributed by atoms with Crippen molar-refractivity contribution >= 4 is 38.1 Å². The molecule has 2 N–H and O–H groups in total. The number of nitrogens with zero attached hydrogens (tertiary/aromatic N) is 3. The Hall–Kier alpha value is -2.82. The topological polar surface area (TPSA) is 104 Å². The van der Waals surface area contributed by atoms with Crippen molar-refractivity contribution in [3.8, 4) is 0 Å². The molecule has 1 amide bonds. The Balaban J connectivity index is 1.40. The summed E-state index contributed by atoms with van der Waals surface area (Å²) in [6.07, 6.45) is 2.45. The van der Waals surface area contributed by atoms with Gasteiger partial charge in [0.15, 0.2) is 0 Å². The number of nitrogens with one attached hydrogen (secondary N) is 2. The van der Waals surface area contributed by atoms with E-state index in [0.717, 1.165) is 41.2 Å². The maximum absolute atomic E-state index is 12.9. The molecule has 3 aromatic rings. The number of hydrogen-bond acceptors (Lipinski definition) is 7. The number of carbonyl (C=O) groups excluding carboxylic acids is 1. The second-order valence-electron chi connectivity index (χ2n) is 8.82. The van der Waals surface area contributed by atoms with Crippen molar-refractivity contribution in [2.45, 2.75) is 44.0 Å². The van der Waals surface area contributed by atoms with Crippen molar-refractivity contribution in [3.05, 3.63) is 65.2 Å². The van der Waals surface area contributed by atoms with Crippen LogP contribution in [0.1, 0.15) is 54.2 Å². The van der Waals surface area contributed by atoms with Crippen LogP contribution in [0.4, 0.5) is 10.8 Å². The number of anilines is 2. The summed E-state index contributed by atoms with van der Waals surface area (Å²) in [5, 5.41) is 10.3. The highest BCUT2D eigenvalue weighted by molar-refractivity contribution is 7.91. The van der Waals surface area contributed by atoms with Gasteiger partial charge in [-0.25, -0.2) is 13.1 Å². The Bertz CT molecular complexity index is 1260. The quantitative estimate of drug-likeness (QED) is 0.468. The predicted octanol–water partition coefficient (Wildman–Crippen LogP) is 4.37. The zero-order chi connectivity index (χ0) is 24.3. The van der Waals surface area contributed by atoms with Gasteiger partial charge in [-0.1, -0.05) is 48.1 Å². The Morgan fingerprint density at radius 2 is 1.94 bits per heavy atom. The molecule has 0 unspecified atom stereocenters. The molecule has 180 valence electrons. The van der Waals surface area contributed by atoms with Crippen LogP contribution >= 0.6 is 11.3 Å². The number of sulfonamides is 1. The lowest BCUT2D eigenvalue weighted by atomic mass is 9.99. The largest absolute Gasteiger partial charge is 0.371 e. The summed E-state index contributed by atoms with van der Waals surface area (Å²) in [5.74, 6) is 0.311. The number of carbonyl (C=O) groups is 1. The van der Waals surface area contributed by atoms with Gasteiger partial charge in [-0.05, 0) is 62.4 Å². The lowest BCUT2D eigenvalue weighted by molar-refractivity contribution is 0.102. The highest BCUT2D eigenvalue weighted by Gasteiger charge is 2.24. The lowest BCUT2D eigenvalue weighted by Crippen LogP contribution is -2.34. The molecule has 0 bridgehead atoms. The summed E-state index contributed by atoms with van der Waals surface area (Å²) < 4.78 is 28.2. The van der Waals surface area contributed by atoms with Gasteiger partial charge in [-0.15, -0.1) is 10.2 Å². The molecule has 1 aliphatic rings. The maximum Gasteiger partial charge on any atom is 0.270 e. The second-order valence-corrected chi connectivity index (χ2v) is 11.7. The third-order valence-corrected chi connectivity index (χ3v) is 8.63. The minimum atomic E-state index is -3.90. The van der Waals surface area contributed by atoms with Crippen molar-refractivity contribution in [2.24, 2.45) is 5.92 Å². The van der Waals surface area contributed by atoms with Gasteiger partial charge in [0, 0.05) is 30.4 Å². The number of piperidine rings is 1. The molecule has 2 aromatic carbocycles. The molecule has 10 heteroatoms. The third kappa shape index (κ3) is 5.81. The van der Waals surface area contributed by atoms with E-state index in [-0.39, 0.29) is 15.4 Å². The first-order valence-electron chi connectivity index (χ1n) is 11.3. The molecule has 0 spiro atoms. The molecule has 1 fully saturated rings. The maximum atomic E-state index is 12.9. The number of amides is 1. The van der Waals surface area contributed by atoms with Crippen LogP contribution in [-0.2, 0) is 10.0 Å². The summed E-state index contributed by atoms with van der Waals surface area (Å²) in [5.41, 5.74) is 3.43. The molecule has 4 rings (SSSR count). The molecular formula is C24H29N5O3S2. The fraction of sp³-hybridized carbons (Fsp3) is 0.375. The van der Waals surface area contributed by atoms with Gasteiger partial charge in [0.1, 0.15) is 0 Å². The van der Waals surface area contributed by atoms with E-state index in [2.05, 4.69) is 32.1 Å². The fourth-order valence-electron chi connectivity index (χ4n) is 4.07. The number of benzene rings is 2. The standard InChI is InChI=1S/C24H29N5O3S2/c1-16-6-4-8-20(14-16)22(30)25-23-26-27-24(33-23)34(31,32)28-18(3)19-9-11-21(12-10-19)29-13-5-7-17(2)15-29/h4,6,8-12,14,17-18,28H,5,7,13,15H2,1-3H3,(H,25,26,30)/t17-,18-/m1/s1. The fourth-order valence-corrected chi connectivity index (χ4v) is 6.22. The van der Waals surface area contributed by atoms with Crippen molar-refractivity contribution < 1.29 is 13.2 Å². The summed E-state index contributed by atoms with van der Waals surface area (Å²) in [4.78, 5) is 14.8. The van der Waals surface area contributed by atoms with Crippen LogP contribution in [-0.4, -0.2) is 37.6 Å². The monoisotopic (exact) mass is 499 g/mol. The molecule has 0 radical (unpaired) electrons. The highest BCUT2D eigenvalue weighted by Crippen LogP contribution is 2.26. The first kappa shape index (κ1) is 24.3. The molecule has 1 saturated heterocycles. The minimum absolute atomic E-state index is 0.125. The van der Waals surface area contributed by atoms with Gasteiger partial charge >= 0.3 is 0 Å². The molecule has 0 saturated carbocycles. The summed E-state index contributed by atoms with van der Waals surface area (Å²) >= 11 is 0.814. The normalized spacial score (nSPS) is 17.4. The molecule has 1 aliphatic heterocycles. The highest BCUT2D eigenvalue weighted by atomic mass is 32.2. The SMILES string of the molecule is Cc1cccc(C(=O)Nc2nnc(S(=O)(=O)N[C@H](C)c3ccc(N4CCC[C@@H](C)C4)cc3)s2)c1. The smallest absolute Gasteiger partial charge is 0.270 e. The van der Waals surface area contributed by atoms with Crippen LogP contribution in [0.15, 0.2) is 52.9 Å². The van der Waals surface area contributed by atoms with Gasteiger partial charge in [-0.2, -0.15) is 0 Å². The van der Waals surface area contributed by atoms with Crippen molar-refractivity contribution in [2.75, 3.05) is 23.3 Å². The zero-order valence-corrected chi connectivity index (χ0v) is 21.1. The molecule has 2 heterocycles. The Morgan fingerprint density at radius 1 is 1.18 bits per heavy atom. The molecule has 8 nitrogen and oxygen atoms in total. The molecule has 1 aromatic heterocycles. The zero-order valence-electron chi connectivity index (χ0n) is 19.5. The van der Waals surface area contributed by atoms with Crippen molar-refractivity contribution in [1.82, 2.24) is 14.9 Å². The summed E-state index contributed by atoms with van der Waals surface area (Å²) in [7, 11) is -3.90. The number of hydrogen-bond donors (Lipinski definition) is 2. The molecule has 2 atom stereocenters. The number of aromatic nitrogens is 2. The second kappa shape index (κ2) is 10.2. The van der Waals surface area contributed by atoms with E-state index in [9.17, 15) is 13.2 Å². The lowest BCUT2D eigenvalue weighted by Gasteiger charge is -2.33. The molecule has 34 heavy (non-hydrogen) atoms. The Labute approximate surface area is 204 Å². The van der Waals surface area contributed by atoms with Crippen LogP contribution in [0, 0.1) is 12.8 Å². The van der Waals surface area contributed by atoms with Gasteiger partial charge in [-0.3, -0.25) is 10.1 Å². The minimum Gasteiger partial charge on any atom is -0.371 e. The van der Waals surface area contributed by atoms with E-state index in [1.54, 1.807) is 25.1 Å². The van der Waals surface area contributed by atoms with E-state index in [1.165, 1.54) is 12.8 Å². The molecule has 0 aliphatic carbocycles. The van der Waals surface area contributed by atoms with E-state index < -0.39 is 16.1 Å². The first-order valence-corrected chi connectivity index (χ1v) is 13.6. The Kier molecular flexibility index (Phi) is 7.30. The van der Waals surface area contributed by atoms with Crippen LogP contribution in [0.25, 0.3) is 0 Å². The average Bonchev–Trinajstić information content (AvgIpc) is 3.28. The van der Waals surface area contributed by atoms with Gasteiger partial charge in [0.2, 0.25) is 9.47 Å². The number of rotatable bonds is 7. The van der Waals surface area contributed by atoms with E-state index >= 15 is 0 Å². The predicted molar refractivity (Wildman–Crippen MR) is 135 cm³/mol. The van der Waals surface area contributed by atoms with Crippen LogP contribution in [0.2, 0.25) is 0 Å². The van der Waals surface area contributed by atoms with Crippen LogP contribution in [0.3, 0.4) is 0 Å². The van der Waals surface area contributed by atoms with Crippen LogP contribution in [0.5, 0.6) is 0 Å². The molecular weight excluding hydrogens is 470 g/mol. The van der Waals surface area contributed by atoms with E-state index in [0.29, 0.717) is 11.5 Å². The first-order chi connectivity index (χ1) is 16.2. The van der Waals surface area contributed by atoms with Gasteiger partial charge < -0.3 is 4.90 Å². The van der Waals surface area contributed by atoms with Gasteiger partial charge in [0.05, 0.1) is 0 Å². The Morgan fingerprint density at radius 3 is 2.65 bits per heavy atom. The third-order valence-electron chi connectivity index (χ3n) is 5.88. The van der Waals surface area contributed by atoms with E-state index in [4.69, 9.17) is 0 Å². The van der Waals surface area contributed by atoms with Crippen LogP contribution < -0.4 is 14.9 Å².